The molecule has 0 bridgehead atoms. The number of hydrogen-bond donors (Lipinski definition) is 2. The largest absolute Gasteiger partial charge is 0.481 e. The van der Waals surface area contributed by atoms with Gasteiger partial charge in [0.25, 0.3) is 5.91 Å². The Bertz CT molecular complexity index is 421. The van der Waals surface area contributed by atoms with E-state index >= 15 is 0 Å². The lowest BCUT2D eigenvalue weighted by Crippen LogP contribution is -2.36. The van der Waals surface area contributed by atoms with Gasteiger partial charge in [-0.25, -0.2) is 0 Å². The van der Waals surface area contributed by atoms with Crippen LogP contribution >= 0.6 is 0 Å². The minimum Gasteiger partial charge on any atom is -0.481 e. The van der Waals surface area contributed by atoms with Gasteiger partial charge >= 0.3 is 0 Å². The van der Waals surface area contributed by atoms with Crippen LogP contribution in [0.4, 0.5) is 0 Å². The quantitative estimate of drug-likeness (QED) is 0.652. The first kappa shape index (κ1) is 17.5. The SMILES string of the molecule is CCCCNC(=O)C(C)Oc1cccc(CNCCC)c1. The van der Waals surface area contributed by atoms with Crippen molar-refractivity contribution in [2.45, 2.75) is 52.7 Å². The Kier molecular flexibility index (Phi) is 8.51. The number of benzene rings is 1. The second-order valence-electron chi connectivity index (χ2n) is 5.23. The van der Waals surface area contributed by atoms with E-state index in [0.717, 1.165) is 38.1 Å². The van der Waals surface area contributed by atoms with Gasteiger partial charge in [0.2, 0.25) is 0 Å². The van der Waals surface area contributed by atoms with Crippen molar-refractivity contribution in [2.75, 3.05) is 13.1 Å². The van der Waals surface area contributed by atoms with Crippen molar-refractivity contribution in [3.8, 4) is 5.75 Å². The molecule has 1 aromatic rings. The van der Waals surface area contributed by atoms with Crippen LogP contribution in [0.25, 0.3) is 0 Å². The zero-order valence-corrected chi connectivity index (χ0v) is 13.4. The number of amides is 1. The van der Waals surface area contributed by atoms with Crippen LogP contribution in [0.15, 0.2) is 24.3 Å². The molecule has 0 aliphatic heterocycles. The summed E-state index contributed by atoms with van der Waals surface area (Å²) in [6, 6.07) is 7.89. The summed E-state index contributed by atoms with van der Waals surface area (Å²) in [5.41, 5.74) is 1.17. The maximum absolute atomic E-state index is 11.9. The number of ether oxygens (including phenoxy) is 1. The predicted molar refractivity (Wildman–Crippen MR) is 86.4 cm³/mol. The van der Waals surface area contributed by atoms with Gasteiger partial charge < -0.3 is 15.4 Å². The lowest BCUT2D eigenvalue weighted by Gasteiger charge is -2.15. The van der Waals surface area contributed by atoms with E-state index in [-0.39, 0.29) is 5.91 Å². The standard InChI is InChI=1S/C17H28N2O2/c1-4-6-11-19-17(20)14(3)21-16-9-7-8-15(12-16)13-18-10-5-2/h7-9,12,14,18H,4-6,10-11,13H2,1-3H3,(H,19,20). The van der Waals surface area contributed by atoms with Crippen LogP contribution < -0.4 is 15.4 Å². The fourth-order valence-corrected chi connectivity index (χ4v) is 1.93. The minimum atomic E-state index is -0.472. The fraction of sp³-hybridized carbons (Fsp3) is 0.588. The molecular formula is C17H28N2O2. The fourth-order valence-electron chi connectivity index (χ4n) is 1.93. The van der Waals surface area contributed by atoms with Crippen LogP contribution in [-0.4, -0.2) is 25.1 Å². The van der Waals surface area contributed by atoms with Crippen molar-refractivity contribution in [2.24, 2.45) is 0 Å². The minimum absolute atomic E-state index is 0.0574. The third kappa shape index (κ3) is 7.14. The van der Waals surface area contributed by atoms with Crippen LogP contribution in [0, 0.1) is 0 Å². The van der Waals surface area contributed by atoms with Crippen molar-refractivity contribution in [3.05, 3.63) is 29.8 Å². The van der Waals surface area contributed by atoms with Crippen LogP contribution in [0.5, 0.6) is 5.75 Å². The number of carbonyl (C=O) groups is 1. The van der Waals surface area contributed by atoms with Crippen molar-refractivity contribution < 1.29 is 9.53 Å². The Morgan fingerprint density at radius 1 is 1.24 bits per heavy atom. The molecule has 4 nitrogen and oxygen atoms in total. The van der Waals surface area contributed by atoms with Gasteiger partial charge in [0, 0.05) is 13.1 Å². The third-order valence-electron chi connectivity index (χ3n) is 3.17. The van der Waals surface area contributed by atoms with Crippen molar-refractivity contribution in [1.29, 1.82) is 0 Å². The zero-order chi connectivity index (χ0) is 15.5. The molecule has 1 rings (SSSR count). The Labute approximate surface area is 128 Å². The highest BCUT2D eigenvalue weighted by Gasteiger charge is 2.13. The van der Waals surface area contributed by atoms with Crippen molar-refractivity contribution in [1.82, 2.24) is 10.6 Å². The number of carbonyl (C=O) groups excluding carboxylic acids is 1. The van der Waals surface area contributed by atoms with Crippen molar-refractivity contribution in [3.63, 3.8) is 0 Å². The Balaban J connectivity index is 2.45. The number of hydrogen-bond acceptors (Lipinski definition) is 3. The normalized spacial score (nSPS) is 12.0. The van der Waals surface area contributed by atoms with Gasteiger partial charge in [-0.3, -0.25) is 4.79 Å². The molecule has 0 fully saturated rings. The number of rotatable bonds is 10. The summed E-state index contributed by atoms with van der Waals surface area (Å²) in [5.74, 6) is 0.682. The van der Waals surface area contributed by atoms with Crippen LogP contribution in [0.3, 0.4) is 0 Å². The molecule has 0 aromatic heterocycles. The van der Waals surface area contributed by atoms with Gasteiger partial charge in [0.1, 0.15) is 5.75 Å². The Hall–Kier alpha value is -1.55. The van der Waals surface area contributed by atoms with Gasteiger partial charge in [-0.05, 0) is 44.0 Å². The Morgan fingerprint density at radius 3 is 2.76 bits per heavy atom. The average Bonchev–Trinajstić information content (AvgIpc) is 2.48. The number of nitrogens with one attached hydrogen (secondary N) is 2. The van der Waals surface area contributed by atoms with E-state index in [0.29, 0.717) is 6.54 Å². The van der Waals surface area contributed by atoms with Gasteiger partial charge in [0.15, 0.2) is 6.10 Å². The monoisotopic (exact) mass is 292 g/mol. The molecule has 2 N–H and O–H groups in total. The molecule has 0 saturated heterocycles. The highest BCUT2D eigenvalue weighted by atomic mass is 16.5. The number of unbranched alkanes of at least 4 members (excludes halogenated alkanes) is 1. The molecule has 4 heteroatoms. The lowest BCUT2D eigenvalue weighted by molar-refractivity contribution is -0.127. The maximum Gasteiger partial charge on any atom is 0.260 e. The van der Waals surface area contributed by atoms with E-state index in [4.69, 9.17) is 4.74 Å². The summed E-state index contributed by atoms with van der Waals surface area (Å²) >= 11 is 0. The summed E-state index contributed by atoms with van der Waals surface area (Å²) in [6.07, 6.45) is 2.71. The topological polar surface area (TPSA) is 50.4 Å². The van der Waals surface area contributed by atoms with Gasteiger partial charge in [0.05, 0.1) is 0 Å². The molecule has 0 saturated carbocycles. The van der Waals surface area contributed by atoms with E-state index in [1.165, 1.54) is 5.56 Å². The molecule has 1 unspecified atom stereocenters. The second kappa shape index (κ2) is 10.2. The first-order valence-electron chi connectivity index (χ1n) is 7.91. The first-order valence-corrected chi connectivity index (χ1v) is 7.91. The molecule has 0 heterocycles. The Morgan fingerprint density at radius 2 is 2.05 bits per heavy atom. The molecule has 0 spiro atoms. The summed E-state index contributed by atoms with van der Waals surface area (Å²) in [5, 5.41) is 6.24. The molecular weight excluding hydrogens is 264 g/mol. The van der Waals surface area contributed by atoms with E-state index in [2.05, 4.69) is 30.5 Å². The van der Waals surface area contributed by atoms with E-state index < -0.39 is 6.10 Å². The zero-order valence-electron chi connectivity index (χ0n) is 13.4. The summed E-state index contributed by atoms with van der Waals surface area (Å²) in [4.78, 5) is 11.9. The molecule has 1 aromatic carbocycles. The molecule has 0 radical (unpaired) electrons. The van der Waals surface area contributed by atoms with Crippen molar-refractivity contribution >= 4 is 5.91 Å². The maximum atomic E-state index is 11.9. The van der Waals surface area contributed by atoms with Crippen LogP contribution in [0.2, 0.25) is 0 Å². The van der Waals surface area contributed by atoms with Crippen LogP contribution in [0.1, 0.15) is 45.6 Å². The molecule has 118 valence electrons. The van der Waals surface area contributed by atoms with E-state index in [1.54, 1.807) is 6.92 Å². The molecule has 0 aliphatic carbocycles. The van der Waals surface area contributed by atoms with E-state index in [9.17, 15) is 4.79 Å². The molecule has 0 aliphatic rings. The molecule has 1 atom stereocenters. The highest BCUT2D eigenvalue weighted by Crippen LogP contribution is 2.15. The molecule has 1 amide bonds. The average molecular weight is 292 g/mol. The smallest absolute Gasteiger partial charge is 0.260 e. The van der Waals surface area contributed by atoms with Gasteiger partial charge in [-0.15, -0.1) is 0 Å². The highest BCUT2D eigenvalue weighted by molar-refractivity contribution is 5.80. The van der Waals surface area contributed by atoms with Gasteiger partial charge in [-0.1, -0.05) is 32.4 Å². The summed E-state index contributed by atoms with van der Waals surface area (Å²) in [6.45, 7) is 8.56. The summed E-state index contributed by atoms with van der Waals surface area (Å²) < 4.78 is 5.71. The molecule has 21 heavy (non-hydrogen) atoms. The predicted octanol–water partition coefficient (Wildman–Crippen LogP) is 2.87. The summed E-state index contributed by atoms with van der Waals surface area (Å²) in [7, 11) is 0. The second-order valence-corrected chi connectivity index (χ2v) is 5.23. The van der Waals surface area contributed by atoms with Gasteiger partial charge in [-0.2, -0.15) is 0 Å². The third-order valence-corrected chi connectivity index (χ3v) is 3.17. The van der Waals surface area contributed by atoms with E-state index in [1.807, 2.05) is 18.2 Å². The lowest BCUT2D eigenvalue weighted by atomic mass is 10.2. The first-order chi connectivity index (χ1) is 10.2. The van der Waals surface area contributed by atoms with Crippen LogP contribution in [-0.2, 0) is 11.3 Å².